The molecule has 0 saturated carbocycles. The van der Waals surface area contributed by atoms with Crippen molar-refractivity contribution in [3.8, 4) is 0 Å². The first-order valence-corrected chi connectivity index (χ1v) is 6.77. The third-order valence-corrected chi connectivity index (χ3v) is 3.33. The number of nitrogens with one attached hydrogen (secondary N) is 2. The molecule has 6 nitrogen and oxygen atoms in total. The number of hydrazone groups is 1. The first-order chi connectivity index (χ1) is 10.0. The van der Waals surface area contributed by atoms with Crippen molar-refractivity contribution in [2.75, 3.05) is 5.73 Å². The van der Waals surface area contributed by atoms with Gasteiger partial charge in [-0.25, -0.2) is 5.43 Å². The fourth-order valence-corrected chi connectivity index (χ4v) is 1.98. The van der Waals surface area contributed by atoms with Crippen molar-refractivity contribution in [3.63, 3.8) is 0 Å². The van der Waals surface area contributed by atoms with Gasteiger partial charge >= 0.3 is 0 Å². The van der Waals surface area contributed by atoms with Crippen LogP contribution in [0, 0.1) is 6.92 Å². The zero-order chi connectivity index (χ0) is 15.4. The second kappa shape index (κ2) is 6.21. The fourth-order valence-electron chi connectivity index (χ4n) is 1.98. The Morgan fingerprint density at radius 1 is 1.38 bits per heavy atom. The molecule has 0 fully saturated rings. The van der Waals surface area contributed by atoms with Gasteiger partial charge in [0.25, 0.3) is 5.91 Å². The van der Waals surface area contributed by atoms with Gasteiger partial charge in [0.2, 0.25) is 0 Å². The number of H-pyrrole nitrogens is 1. The molecule has 2 rings (SSSR count). The summed E-state index contributed by atoms with van der Waals surface area (Å²) in [4.78, 5) is 12.1. The molecule has 2 aromatic rings. The van der Waals surface area contributed by atoms with Crippen LogP contribution in [-0.2, 0) is 6.42 Å². The molecule has 0 saturated heterocycles. The first kappa shape index (κ1) is 14.8. The van der Waals surface area contributed by atoms with E-state index < -0.39 is 0 Å². The second-order valence-electron chi connectivity index (χ2n) is 4.79. The molecule has 0 radical (unpaired) electrons. The van der Waals surface area contributed by atoms with Gasteiger partial charge in [0.1, 0.15) is 0 Å². The van der Waals surface area contributed by atoms with Gasteiger partial charge in [-0.05, 0) is 38.0 Å². The molecule has 0 aliphatic carbocycles. The first-order valence-electron chi connectivity index (χ1n) is 6.77. The van der Waals surface area contributed by atoms with Crippen molar-refractivity contribution in [1.29, 1.82) is 0 Å². The minimum atomic E-state index is -0.321. The molecular weight excluding hydrogens is 266 g/mol. The van der Waals surface area contributed by atoms with Crippen LogP contribution in [0.5, 0.6) is 0 Å². The average Bonchev–Trinajstić information content (AvgIpc) is 2.86. The topological polar surface area (TPSA) is 96.2 Å². The van der Waals surface area contributed by atoms with Crippen LogP contribution in [0.2, 0.25) is 0 Å². The smallest absolute Gasteiger partial charge is 0.292 e. The molecule has 6 heteroatoms. The van der Waals surface area contributed by atoms with Crippen LogP contribution >= 0.6 is 0 Å². The Morgan fingerprint density at radius 3 is 2.62 bits per heavy atom. The number of carbonyl (C=O) groups excluding carboxylic acids is 1. The monoisotopic (exact) mass is 285 g/mol. The lowest BCUT2D eigenvalue weighted by molar-refractivity contribution is 0.0949. The van der Waals surface area contributed by atoms with Gasteiger partial charge in [0.15, 0.2) is 5.69 Å². The summed E-state index contributed by atoms with van der Waals surface area (Å²) < 4.78 is 0. The summed E-state index contributed by atoms with van der Waals surface area (Å²) in [5, 5.41) is 11.0. The number of amides is 1. The number of hydrogen-bond acceptors (Lipinski definition) is 4. The van der Waals surface area contributed by atoms with Gasteiger partial charge in [-0.1, -0.05) is 19.1 Å². The highest BCUT2D eigenvalue weighted by Gasteiger charge is 2.14. The zero-order valence-corrected chi connectivity index (χ0v) is 12.4. The van der Waals surface area contributed by atoms with E-state index in [0.717, 1.165) is 23.2 Å². The highest BCUT2D eigenvalue weighted by Crippen LogP contribution is 2.10. The van der Waals surface area contributed by atoms with Crippen molar-refractivity contribution < 1.29 is 4.79 Å². The summed E-state index contributed by atoms with van der Waals surface area (Å²) in [6.07, 6.45) is 0.805. The predicted octanol–water partition coefficient (Wildman–Crippen LogP) is 2.02. The lowest BCUT2D eigenvalue weighted by Crippen LogP contribution is -2.20. The molecular formula is C15H19N5O. The van der Waals surface area contributed by atoms with Crippen LogP contribution in [0.4, 0.5) is 5.69 Å². The third kappa shape index (κ3) is 3.28. The Bertz CT molecular complexity index is 670. The van der Waals surface area contributed by atoms with Crippen LogP contribution in [-0.4, -0.2) is 21.8 Å². The summed E-state index contributed by atoms with van der Waals surface area (Å²) >= 11 is 0. The molecule has 4 N–H and O–H groups in total. The molecule has 1 aromatic heterocycles. The lowest BCUT2D eigenvalue weighted by Gasteiger charge is -2.03. The van der Waals surface area contributed by atoms with Gasteiger partial charge in [-0.3, -0.25) is 9.89 Å². The van der Waals surface area contributed by atoms with Crippen LogP contribution < -0.4 is 11.2 Å². The molecule has 0 bridgehead atoms. The quantitative estimate of drug-likeness (QED) is 0.455. The highest BCUT2D eigenvalue weighted by atomic mass is 16.2. The number of aryl methyl sites for hydroxylation is 1. The normalized spacial score (nSPS) is 11.5. The maximum Gasteiger partial charge on any atom is 0.292 e. The number of hydrogen-bond donors (Lipinski definition) is 3. The molecule has 1 aromatic carbocycles. The molecule has 0 spiro atoms. The molecule has 0 aliphatic heterocycles. The van der Waals surface area contributed by atoms with Crippen LogP contribution in [0.15, 0.2) is 29.4 Å². The number of benzene rings is 1. The Kier molecular flexibility index (Phi) is 4.37. The van der Waals surface area contributed by atoms with Gasteiger partial charge in [0, 0.05) is 16.9 Å². The zero-order valence-electron chi connectivity index (χ0n) is 12.4. The molecule has 0 aliphatic rings. The second-order valence-corrected chi connectivity index (χ2v) is 4.79. The number of nitrogen functional groups attached to an aromatic ring is 1. The average molecular weight is 285 g/mol. The Morgan fingerprint density at radius 2 is 2.05 bits per heavy atom. The van der Waals surface area contributed by atoms with Gasteiger partial charge < -0.3 is 5.73 Å². The number of rotatable bonds is 4. The van der Waals surface area contributed by atoms with E-state index in [1.165, 1.54) is 0 Å². The van der Waals surface area contributed by atoms with E-state index >= 15 is 0 Å². The van der Waals surface area contributed by atoms with Gasteiger partial charge in [-0.2, -0.15) is 10.2 Å². The van der Waals surface area contributed by atoms with E-state index in [2.05, 4.69) is 20.7 Å². The minimum absolute atomic E-state index is 0.321. The van der Waals surface area contributed by atoms with E-state index in [1.807, 2.05) is 32.9 Å². The highest BCUT2D eigenvalue weighted by molar-refractivity contribution is 6.00. The number of carbonyl (C=O) groups is 1. The molecule has 110 valence electrons. The van der Waals surface area contributed by atoms with E-state index in [1.54, 1.807) is 12.1 Å². The predicted molar refractivity (Wildman–Crippen MR) is 83.2 cm³/mol. The Balaban J connectivity index is 2.10. The SMILES string of the molecule is CCc1[nH]nc(C(=O)NN=C(C)c2ccc(N)cc2)c1C. The summed E-state index contributed by atoms with van der Waals surface area (Å²) in [5.74, 6) is -0.321. The van der Waals surface area contributed by atoms with Crippen LogP contribution in [0.1, 0.15) is 41.2 Å². The summed E-state index contributed by atoms with van der Waals surface area (Å²) in [6, 6.07) is 7.30. The van der Waals surface area contributed by atoms with E-state index in [4.69, 9.17) is 5.73 Å². The molecule has 21 heavy (non-hydrogen) atoms. The van der Waals surface area contributed by atoms with Crippen molar-refractivity contribution in [2.24, 2.45) is 5.10 Å². The molecule has 1 amide bonds. The van der Waals surface area contributed by atoms with E-state index in [9.17, 15) is 4.79 Å². The summed E-state index contributed by atoms with van der Waals surface area (Å²) in [7, 11) is 0. The third-order valence-electron chi connectivity index (χ3n) is 3.33. The Labute approximate surface area is 123 Å². The van der Waals surface area contributed by atoms with Crippen molar-refractivity contribution in [2.45, 2.75) is 27.2 Å². The lowest BCUT2D eigenvalue weighted by atomic mass is 10.1. The van der Waals surface area contributed by atoms with Crippen molar-refractivity contribution >= 4 is 17.3 Å². The van der Waals surface area contributed by atoms with E-state index in [0.29, 0.717) is 17.1 Å². The van der Waals surface area contributed by atoms with E-state index in [-0.39, 0.29) is 5.91 Å². The number of nitrogens with zero attached hydrogens (tertiary/aromatic N) is 2. The Hall–Kier alpha value is -2.63. The van der Waals surface area contributed by atoms with Crippen molar-refractivity contribution in [1.82, 2.24) is 15.6 Å². The fraction of sp³-hybridized carbons (Fsp3) is 0.267. The molecule has 0 atom stereocenters. The van der Waals surface area contributed by atoms with Gasteiger partial charge in [0.05, 0.1) is 5.71 Å². The number of nitrogens with two attached hydrogens (primary N) is 1. The maximum atomic E-state index is 12.1. The summed E-state index contributed by atoms with van der Waals surface area (Å²) in [5.41, 5.74) is 12.6. The number of aromatic amines is 1. The largest absolute Gasteiger partial charge is 0.399 e. The minimum Gasteiger partial charge on any atom is -0.399 e. The van der Waals surface area contributed by atoms with Crippen LogP contribution in [0.3, 0.4) is 0 Å². The number of aromatic nitrogens is 2. The maximum absolute atomic E-state index is 12.1. The molecule has 1 heterocycles. The molecule has 0 unspecified atom stereocenters. The summed E-state index contributed by atoms with van der Waals surface area (Å²) in [6.45, 7) is 5.69. The van der Waals surface area contributed by atoms with Crippen LogP contribution in [0.25, 0.3) is 0 Å². The standard InChI is InChI=1S/C15H19N5O/c1-4-13-9(2)14(19-18-13)15(21)20-17-10(3)11-5-7-12(16)8-6-11/h5-8H,4,16H2,1-3H3,(H,18,19)(H,20,21). The van der Waals surface area contributed by atoms with Gasteiger partial charge in [-0.15, -0.1) is 0 Å². The number of anilines is 1. The van der Waals surface area contributed by atoms with Crippen molar-refractivity contribution in [3.05, 3.63) is 46.8 Å².